The molecule has 0 heterocycles. The molecule has 0 bridgehead atoms. The first-order valence-electron chi connectivity index (χ1n) is 29.1. The van der Waals surface area contributed by atoms with Gasteiger partial charge in [-0.05, 0) is 70.6 Å². The van der Waals surface area contributed by atoms with Crippen LogP contribution in [0.3, 0.4) is 0 Å². The Balaban J connectivity index is 3.95. The minimum atomic E-state index is -4.30. The number of hydrogen-bond donors (Lipinski definition) is 2. The van der Waals surface area contributed by atoms with Crippen molar-refractivity contribution < 1.29 is 32.8 Å². The number of unbranched alkanes of at least 4 members (excludes halogenated alkanes) is 28. The van der Waals surface area contributed by atoms with Gasteiger partial charge in [-0.1, -0.05) is 266 Å². The Bertz CT molecular complexity index is 1350. The van der Waals surface area contributed by atoms with Gasteiger partial charge >= 0.3 is 13.8 Å². The molecule has 0 aromatic rings. The van der Waals surface area contributed by atoms with Crippen LogP contribution in [0.5, 0.6) is 0 Å². The van der Waals surface area contributed by atoms with Crippen LogP contribution < -0.4 is 5.73 Å². The number of carbonyl (C=O) groups is 1. The quantitative estimate of drug-likeness (QED) is 0.0268. The minimum absolute atomic E-state index is 0.0929. The van der Waals surface area contributed by atoms with E-state index in [-0.39, 0.29) is 32.3 Å². The van der Waals surface area contributed by atoms with Crippen molar-refractivity contribution in [2.75, 3.05) is 33.0 Å². The molecule has 0 amide bonds. The summed E-state index contributed by atoms with van der Waals surface area (Å²) in [5.74, 6) is -0.337. The second-order valence-electron chi connectivity index (χ2n) is 19.1. The van der Waals surface area contributed by atoms with E-state index in [2.05, 4.69) is 98.9 Å². The molecule has 0 aliphatic heterocycles. The fourth-order valence-electron chi connectivity index (χ4n) is 8.10. The number of carbonyl (C=O) groups excluding carboxylic acids is 1. The first-order valence-corrected chi connectivity index (χ1v) is 30.6. The van der Waals surface area contributed by atoms with Gasteiger partial charge in [-0.2, -0.15) is 0 Å². The number of nitrogens with two attached hydrogens (primary N) is 1. The summed E-state index contributed by atoms with van der Waals surface area (Å²) in [5, 5.41) is 0. The lowest BCUT2D eigenvalue weighted by atomic mass is 10.0. The number of phosphoric ester groups is 1. The predicted octanol–water partition coefficient (Wildman–Crippen LogP) is 18.8. The molecular weight excluding hydrogens is 890 g/mol. The van der Waals surface area contributed by atoms with Crippen molar-refractivity contribution in [1.29, 1.82) is 0 Å². The van der Waals surface area contributed by atoms with E-state index in [9.17, 15) is 14.3 Å². The van der Waals surface area contributed by atoms with Gasteiger partial charge in [-0.25, -0.2) is 4.57 Å². The lowest BCUT2D eigenvalue weighted by Gasteiger charge is -2.20. The van der Waals surface area contributed by atoms with Crippen LogP contribution in [0.1, 0.15) is 258 Å². The van der Waals surface area contributed by atoms with Crippen molar-refractivity contribution in [3.8, 4) is 0 Å². The van der Waals surface area contributed by atoms with Crippen LogP contribution >= 0.6 is 7.82 Å². The molecule has 2 atom stereocenters. The number of phosphoric acid groups is 1. The van der Waals surface area contributed by atoms with Gasteiger partial charge in [0.2, 0.25) is 0 Å². The first-order chi connectivity index (χ1) is 34.4. The Hall–Kier alpha value is -2.32. The van der Waals surface area contributed by atoms with Gasteiger partial charge < -0.3 is 20.1 Å². The van der Waals surface area contributed by atoms with E-state index in [1.807, 2.05) is 0 Å². The van der Waals surface area contributed by atoms with Gasteiger partial charge in [0.1, 0.15) is 6.10 Å². The lowest BCUT2D eigenvalue weighted by molar-refractivity contribution is -0.154. The Morgan fingerprint density at radius 2 is 0.800 bits per heavy atom. The van der Waals surface area contributed by atoms with E-state index in [4.69, 9.17) is 24.3 Å². The SMILES string of the molecule is CC/C=C\C/C=C\C/C=C\C/C=C\C/C=C\C/C=C\C/C=C\CCCCCCOCC(COP(=O)(O)OCCN)OC(=O)CCCCCCCCCCCCCCCCCCCCCCCCCCC. The van der Waals surface area contributed by atoms with E-state index in [0.29, 0.717) is 13.0 Å². The average Bonchev–Trinajstić information content (AvgIpc) is 3.35. The molecule has 0 spiro atoms. The fraction of sp³-hybridized carbons (Fsp3) is 0.754. The minimum Gasteiger partial charge on any atom is -0.457 e. The zero-order valence-electron chi connectivity index (χ0n) is 45.5. The Labute approximate surface area is 432 Å². The summed E-state index contributed by atoms with van der Waals surface area (Å²) >= 11 is 0. The number of ether oxygens (including phenoxy) is 2. The Kier molecular flexibility index (Phi) is 55.7. The molecular formula is C61H110NO7P. The zero-order valence-corrected chi connectivity index (χ0v) is 46.4. The molecule has 0 rings (SSSR count). The molecule has 0 aliphatic rings. The molecule has 0 aliphatic carbocycles. The normalized spacial score (nSPS) is 13.8. The largest absolute Gasteiger partial charge is 0.472 e. The van der Waals surface area contributed by atoms with Gasteiger partial charge in [0.25, 0.3) is 0 Å². The van der Waals surface area contributed by atoms with Gasteiger partial charge in [0, 0.05) is 19.6 Å². The van der Waals surface area contributed by atoms with Crippen molar-refractivity contribution in [2.45, 2.75) is 264 Å². The third-order valence-electron chi connectivity index (χ3n) is 12.3. The maximum Gasteiger partial charge on any atom is 0.472 e. The number of rotatable bonds is 55. The standard InChI is InChI=1S/C61H110NO7P/c1-3-5-7-9-11-13-15-17-19-21-23-25-27-29-31-33-35-37-39-41-43-45-47-49-51-53-56-66-58-60(59-68-70(64,65)67-57-55-62)69-61(63)54-52-50-48-46-44-42-40-38-36-34-32-30-28-26-24-22-20-18-16-14-12-10-8-6-4-2/h5,7,11,13,17,19,23,25,29,31,35,37,41,43,60H,3-4,6,8-10,12,14-16,18,20-22,24,26-28,30,32-34,36,38-40,42,44-59,62H2,1-2H3,(H,64,65)/b7-5-,13-11-,19-17-,25-23-,31-29-,37-35-,43-41-. The van der Waals surface area contributed by atoms with Crippen LogP contribution in [0.25, 0.3) is 0 Å². The monoisotopic (exact) mass is 1000 g/mol. The second kappa shape index (κ2) is 57.6. The molecule has 0 saturated heterocycles. The van der Waals surface area contributed by atoms with Crippen LogP contribution in [0.15, 0.2) is 85.1 Å². The van der Waals surface area contributed by atoms with E-state index in [1.54, 1.807) is 0 Å². The smallest absolute Gasteiger partial charge is 0.457 e. The van der Waals surface area contributed by atoms with Crippen LogP contribution in [-0.4, -0.2) is 49.9 Å². The van der Waals surface area contributed by atoms with Crippen molar-refractivity contribution in [2.24, 2.45) is 5.73 Å². The van der Waals surface area contributed by atoms with Crippen LogP contribution in [-0.2, 0) is 27.9 Å². The summed E-state index contributed by atoms with van der Waals surface area (Å²) in [5.41, 5.74) is 5.40. The highest BCUT2D eigenvalue weighted by Gasteiger charge is 2.25. The molecule has 0 saturated carbocycles. The van der Waals surface area contributed by atoms with Crippen molar-refractivity contribution in [3.63, 3.8) is 0 Å². The molecule has 2 unspecified atom stereocenters. The molecule has 406 valence electrons. The van der Waals surface area contributed by atoms with Gasteiger partial charge in [-0.3, -0.25) is 13.8 Å². The molecule has 70 heavy (non-hydrogen) atoms. The van der Waals surface area contributed by atoms with Crippen molar-refractivity contribution in [1.82, 2.24) is 0 Å². The highest BCUT2D eigenvalue weighted by atomic mass is 31.2. The average molecular weight is 1000 g/mol. The Morgan fingerprint density at radius 3 is 1.20 bits per heavy atom. The second-order valence-corrected chi connectivity index (χ2v) is 20.6. The van der Waals surface area contributed by atoms with E-state index in [1.165, 1.54) is 141 Å². The van der Waals surface area contributed by atoms with Crippen molar-refractivity contribution in [3.05, 3.63) is 85.1 Å². The van der Waals surface area contributed by atoms with Gasteiger partial charge in [0.15, 0.2) is 0 Å². The number of esters is 1. The molecule has 0 radical (unpaired) electrons. The summed E-state index contributed by atoms with van der Waals surface area (Å²) < 4.78 is 33.7. The van der Waals surface area contributed by atoms with Crippen LogP contribution in [0, 0.1) is 0 Å². The summed E-state index contributed by atoms with van der Waals surface area (Å²) in [4.78, 5) is 22.7. The predicted molar refractivity (Wildman–Crippen MR) is 302 cm³/mol. The van der Waals surface area contributed by atoms with Crippen LogP contribution in [0.2, 0.25) is 0 Å². The van der Waals surface area contributed by atoms with E-state index in [0.717, 1.165) is 96.3 Å². The molecule has 0 fully saturated rings. The molecule has 9 heteroatoms. The van der Waals surface area contributed by atoms with Crippen LogP contribution in [0.4, 0.5) is 0 Å². The third-order valence-corrected chi connectivity index (χ3v) is 13.3. The fourth-order valence-corrected chi connectivity index (χ4v) is 8.86. The van der Waals surface area contributed by atoms with E-state index >= 15 is 0 Å². The topological polar surface area (TPSA) is 117 Å². The molecule has 8 nitrogen and oxygen atoms in total. The Morgan fingerprint density at radius 1 is 0.443 bits per heavy atom. The summed E-state index contributed by atoms with van der Waals surface area (Å²) in [6.07, 6.45) is 76.4. The summed E-state index contributed by atoms with van der Waals surface area (Å²) in [7, 11) is -4.30. The van der Waals surface area contributed by atoms with Gasteiger partial charge in [-0.15, -0.1) is 0 Å². The lowest BCUT2D eigenvalue weighted by Crippen LogP contribution is -2.28. The third kappa shape index (κ3) is 56.6. The zero-order chi connectivity index (χ0) is 50.8. The maximum absolute atomic E-state index is 12.7. The molecule has 3 N–H and O–H groups in total. The maximum atomic E-state index is 12.7. The van der Waals surface area contributed by atoms with Gasteiger partial charge in [0.05, 0.1) is 19.8 Å². The highest BCUT2D eigenvalue weighted by Crippen LogP contribution is 2.43. The highest BCUT2D eigenvalue weighted by molar-refractivity contribution is 7.47. The molecule has 0 aromatic carbocycles. The number of allylic oxidation sites excluding steroid dienone is 14. The summed E-state index contributed by atoms with van der Waals surface area (Å²) in [6, 6.07) is 0. The first kappa shape index (κ1) is 67.7. The van der Waals surface area contributed by atoms with Crippen molar-refractivity contribution >= 4 is 13.8 Å². The van der Waals surface area contributed by atoms with E-state index < -0.39 is 13.9 Å². The molecule has 0 aromatic heterocycles. The summed E-state index contributed by atoms with van der Waals surface area (Å²) in [6.45, 7) is 4.77. The number of hydrogen-bond acceptors (Lipinski definition) is 7.